The van der Waals surface area contributed by atoms with Crippen molar-refractivity contribution in [3.05, 3.63) is 209 Å². The smallest absolute Gasteiger partial charge is 0.0713 e. The summed E-state index contributed by atoms with van der Waals surface area (Å²) in [6, 6.07) is 62.9. The van der Waals surface area contributed by atoms with E-state index in [1.165, 1.54) is 66.9 Å². The molecule has 2 aliphatic carbocycles. The first-order valence-electron chi connectivity index (χ1n) is 16.9. The van der Waals surface area contributed by atoms with E-state index in [2.05, 4.69) is 196 Å². The molecule has 0 bridgehead atoms. The zero-order chi connectivity index (χ0) is 32.5. The lowest BCUT2D eigenvalue weighted by atomic mass is 9.67. The zero-order valence-electron chi connectivity index (χ0n) is 27.6. The van der Waals surface area contributed by atoms with E-state index in [9.17, 15) is 0 Å². The van der Waals surface area contributed by atoms with Gasteiger partial charge in [0.25, 0.3) is 0 Å². The topological polar surface area (TPSA) is 3.24 Å². The number of hydrogen-bond donors (Lipinski definition) is 0. The SMILES string of the molecule is Cc1ccc2c(c1)C(c1ccccc1)(c1ccccc1)c1cc3c(cc1-2)C(C)(C)c1cc(N(c2ccccc2)c2ccccc2)ccc1-3. The van der Waals surface area contributed by atoms with Crippen molar-refractivity contribution in [2.24, 2.45) is 0 Å². The minimum Gasteiger partial charge on any atom is -0.310 e. The summed E-state index contributed by atoms with van der Waals surface area (Å²) in [5.41, 5.74) is 17.6. The van der Waals surface area contributed by atoms with Crippen molar-refractivity contribution in [2.45, 2.75) is 31.6 Å². The summed E-state index contributed by atoms with van der Waals surface area (Å²) in [4.78, 5) is 2.37. The van der Waals surface area contributed by atoms with Gasteiger partial charge in [-0.2, -0.15) is 0 Å². The van der Waals surface area contributed by atoms with Gasteiger partial charge in [0.1, 0.15) is 0 Å². The number of rotatable bonds is 5. The van der Waals surface area contributed by atoms with Crippen LogP contribution in [-0.4, -0.2) is 0 Å². The summed E-state index contributed by atoms with van der Waals surface area (Å²) < 4.78 is 0. The van der Waals surface area contributed by atoms with Gasteiger partial charge in [-0.3, -0.25) is 0 Å². The molecule has 1 heteroatoms. The van der Waals surface area contributed by atoms with Crippen LogP contribution in [0.25, 0.3) is 22.3 Å². The Kier molecular flexibility index (Phi) is 6.36. The van der Waals surface area contributed by atoms with Gasteiger partial charge in [-0.1, -0.05) is 141 Å². The second-order valence-electron chi connectivity index (χ2n) is 13.8. The Labute approximate surface area is 283 Å². The molecule has 2 aliphatic rings. The van der Waals surface area contributed by atoms with E-state index in [4.69, 9.17) is 0 Å². The molecule has 0 amide bonds. The predicted molar refractivity (Wildman–Crippen MR) is 201 cm³/mol. The van der Waals surface area contributed by atoms with Crippen LogP contribution in [0.15, 0.2) is 170 Å². The Morgan fingerprint density at radius 2 is 0.812 bits per heavy atom. The molecule has 48 heavy (non-hydrogen) atoms. The van der Waals surface area contributed by atoms with E-state index in [0.717, 1.165) is 11.4 Å². The highest BCUT2D eigenvalue weighted by Gasteiger charge is 2.48. The predicted octanol–water partition coefficient (Wildman–Crippen LogP) is 12.1. The molecular weight excluding hydrogens is 579 g/mol. The number of nitrogens with zero attached hydrogens (tertiary/aromatic N) is 1. The maximum Gasteiger partial charge on any atom is 0.0713 e. The molecule has 0 radical (unpaired) electrons. The van der Waals surface area contributed by atoms with Crippen LogP contribution in [0.5, 0.6) is 0 Å². The Morgan fingerprint density at radius 3 is 1.40 bits per heavy atom. The summed E-state index contributed by atoms with van der Waals surface area (Å²) in [7, 11) is 0. The van der Waals surface area contributed by atoms with Gasteiger partial charge in [0, 0.05) is 22.5 Å². The highest BCUT2D eigenvalue weighted by molar-refractivity contribution is 5.93. The second kappa shape index (κ2) is 10.7. The van der Waals surface area contributed by atoms with Crippen molar-refractivity contribution >= 4 is 17.1 Å². The molecule has 0 aromatic heterocycles. The summed E-state index contributed by atoms with van der Waals surface area (Å²) in [5.74, 6) is 0. The largest absolute Gasteiger partial charge is 0.310 e. The molecule has 9 rings (SSSR count). The lowest BCUT2D eigenvalue weighted by Gasteiger charge is -2.34. The summed E-state index contributed by atoms with van der Waals surface area (Å²) >= 11 is 0. The third-order valence-corrected chi connectivity index (χ3v) is 10.8. The molecular formula is C47H37N. The molecule has 0 saturated heterocycles. The van der Waals surface area contributed by atoms with E-state index in [1.54, 1.807) is 0 Å². The van der Waals surface area contributed by atoms with Crippen LogP contribution < -0.4 is 4.90 Å². The lowest BCUT2D eigenvalue weighted by Crippen LogP contribution is -2.28. The van der Waals surface area contributed by atoms with Gasteiger partial charge in [0.05, 0.1) is 5.41 Å². The van der Waals surface area contributed by atoms with E-state index in [1.807, 2.05) is 0 Å². The quantitative estimate of drug-likeness (QED) is 0.186. The maximum atomic E-state index is 2.54. The van der Waals surface area contributed by atoms with Gasteiger partial charge in [-0.15, -0.1) is 0 Å². The Hall–Kier alpha value is -5.66. The summed E-state index contributed by atoms with van der Waals surface area (Å²) in [6.45, 7) is 7.01. The van der Waals surface area contributed by atoms with E-state index < -0.39 is 5.41 Å². The molecule has 0 saturated carbocycles. The van der Waals surface area contributed by atoms with E-state index >= 15 is 0 Å². The first-order valence-corrected chi connectivity index (χ1v) is 16.9. The van der Waals surface area contributed by atoms with Crippen molar-refractivity contribution in [3.8, 4) is 22.3 Å². The minimum atomic E-state index is -0.418. The van der Waals surface area contributed by atoms with Crippen molar-refractivity contribution in [1.29, 1.82) is 0 Å². The molecule has 0 unspecified atom stereocenters. The number of anilines is 3. The van der Waals surface area contributed by atoms with Crippen molar-refractivity contribution in [1.82, 2.24) is 0 Å². The normalized spacial score (nSPS) is 14.5. The van der Waals surface area contributed by atoms with Crippen LogP contribution in [0.2, 0.25) is 0 Å². The monoisotopic (exact) mass is 615 g/mol. The molecule has 0 fully saturated rings. The number of para-hydroxylation sites is 2. The van der Waals surface area contributed by atoms with Gasteiger partial charge in [0.2, 0.25) is 0 Å². The summed E-state index contributed by atoms with van der Waals surface area (Å²) in [5, 5.41) is 0. The van der Waals surface area contributed by atoms with E-state index in [-0.39, 0.29) is 5.41 Å². The third-order valence-electron chi connectivity index (χ3n) is 10.8. The van der Waals surface area contributed by atoms with Crippen LogP contribution >= 0.6 is 0 Å². The zero-order valence-corrected chi connectivity index (χ0v) is 27.6. The fourth-order valence-corrected chi connectivity index (χ4v) is 8.56. The number of hydrogen-bond acceptors (Lipinski definition) is 1. The van der Waals surface area contributed by atoms with Crippen LogP contribution in [0.4, 0.5) is 17.1 Å². The molecule has 0 spiro atoms. The number of benzene rings is 7. The molecule has 7 aromatic rings. The van der Waals surface area contributed by atoms with Crippen LogP contribution in [0.3, 0.4) is 0 Å². The maximum absolute atomic E-state index is 2.54. The van der Waals surface area contributed by atoms with Crippen LogP contribution in [0, 0.1) is 6.92 Å². The molecule has 7 aromatic carbocycles. The molecule has 0 atom stereocenters. The first-order chi connectivity index (χ1) is 23.5. The van der Waals surface area contributed by atoms with Crippen molar-refractivity contribution in [3.63, 3.8) is 0 Å². The summed E-state index contributed by atoms with van der Waals surface area (Å²) in [6.07, 6.45) is 0. The number of aryl methyl sites for hydroxylation is 1. The molecule has 230 valence electrons. The van der Waals surface area contributed by atoms with Crippen LogP contribution in [0.1, 0.15) is 52.8 Å². The average molecular weight is 616 g/mol. The van der Waals surface area contributed by atoms with Crippen molar-refractivity contribution in [2.75, 3.05) is 4.90 Å². The van der Waals surface area contributed by atoms with Crippen LogP contribution in [-0.2, 0) is 10.8 Å². The van der Waals surface area contributed by atoms with Gasteiger partial charge in [-0.25, -0.2) is 0 Å². The fourth-order valence-electron chi connectivity index (χ4n) is 8.56. The average Bonchev–Trinajstić information content (AvgIpc) is 3.53. The Bertz CT molecular complexity index is 2220. The van der Waals surface area contributed by atoms with Crippen molar-refractivity contribution < 1.29 is 0 Å². The molecule has 0 N–H and O–H groups in total. The third kappa shape index (κ3) is 4.04. The lowest BCUT2D eigenvalue weighted by molar-refractivity contribution is 0.660. The molecule has 0 heterocycles. The number of fused-ring (bicyclic) bond motifs is 6. The minimum absolute atomic E-state index is 0.176. The van der Waals surface area contributed by atoms with E-state index in [0.29, 0.717) is 0 Å². The molecule has 1 nitrogen and oxygen atoms in total. The van der Waals surface area contributed by atoms with Gasteiger partial charge >= 0.3 is 0 Å². The van der Waals surface area contributed by atoms with Gasteiger partial charge < -0.3 is 4.90 Å². The standard InChI is InChI=1S/C47H37N/c1-32-24-26-39-41-30-43-40(31-45(41)47(44(39)28-32,33-16-8-4-9-17-33)34-18-10-5-11-19-34)38-27-25-37(29-42(38)46(43,2)3)48(35-20-12-6-13-21-35)36-22-14-7-15-23-36/h4-31H,1-3H3. The Balaban J connectivity index is 1.29. The first kappa shape index (κ1) is 28.6. The molecule has 0 aliphatic heterocycles. The van der Waals surface area contributed by atoms with Gasteiger partial charge in [-0.05, 0) is 111 Å². The highest BCUT2D eigenvalue weighted by Crippen LogP contribution is 2.60. The van der Waals surface area contributed by atoms with Gasteiger partial charge in [0.15, 0.2) is 0 Å². The fraction of sp³-hybridized carbons (Fsp3) is 0.106. The Morgan fingerprint density at radius 1 is 0.375 bits per heavy atom. The second-order valence-corrected chi connectivity index (χ2v) is 13.8. The highest BCUT2D eigenvalue weighted by atomic mass is 15.1.